The third kappa shape index (κ3) is 1.71. The van der Waals surface area contributed by atoms with Gasteiger partial charge >= 0.3 is 0 Å². The second-order valence-corrected chi connectivity index (χ2v) is 3.82. The molecule has 0 aromatic carbocycles. The summed E-state index contributed by atoms with van der Waals surface area (Å²) in [6, 6.07) is 0. The number of hydrogen-bond donors (Lipinski definition) is 0. The average molecular weight is 159 g/mol. The van der Waals surface area contributed by atoms with Gasteiger partial charge in [0.15, 0.2) is 0 Å². The molecule has 0 aromatic heterocycles. The average Bonchev–Trinajstić information content (AvgIpc) is 2.65. The predicted molar refractivity (Wildman–Crippen MR) is 39.3 cm³/mol. The molecule has 2 aliphatic rings. The summed E-state index contributed by atoms with van der Waals surface area (Å²) in [6.07, 6.45) is 5.45. The van der Waals surface area contributed by atoms with E-state index < -0.39 is 5.92 Å². The van der Waals surface area contributed by atoms with E-state index in [2.05, 4.69) is 0 Å². The summed E-state index contributed by atoms with van der Waals surface area (Å²) in [5.41, 5.74) is 0. The van der Waals surface area contributed by atoms with Crippen molar-refractivity contribution in [2.45, 2.75) is 38.0 Å². The van der Waals surface area contributed by atoms with Crippen molar-refractivity contribution in [3.63, 3.8) is 0 Å². The van der Waals surface area contributed by atoms with Crippen LogP contribution in [0.3, 0.4) is 0 Å². The van der Waals surface area contributed by atoms with Gasteiger partial charge in [0.25, 0.3) is 5.92 Å². The summed E-state index contributed by atoms with van der Waals surface area (Å²) in [4.78, 5) is 0. The van der Waals surface area contributed by atoms with Gasteiger partial charge in [-0.25, -0.2) is 8.78 Å². The molecule has 1 unspecified atom stereocenters. The van der Waals surface area contributed by atoms with Crippen LogP contribution in [0.1, 0.15) is 32.1 Å². The van der Waals surface area contributed by atoms with E-state index in [-0.39, 0.29) is 12.3 Å². The Kier molecular flexibility index (Phi) is 1.66. The van der Waals surface area contributed by atoms with Gasteiger partial charge in [-0.2, -0.15) is 0 Å². The maximum absolute atomic E-state index is 12.8. The number of hydrogen-bond acceptors (Lipinski definition) is 0. The Morgan fingerprint density at radius 2 is 1.91 bits per heavy atom. The van der Waals surface area contributed by atoms with Gasteiger partial charge in [0.2, 0.25) is 0 Å². The molecule has 0 heterocycles. The number of rotatable bonds is 1. The summed E-state index contributed by atoms with van der Waals surface area (Å²) >= 11 is 0. The summed E-state index contributed by atoms with van der Waals surface area (Å²) in [6.45, 7) is 0. The molecule has 2 fully saturated rings. The lowest BCUT2D eigenvalue weighted by molar-refractivity contribution is -0.00526. The summed E-state index contributed by atoms with van der Waals surface area (Å²) in [5, 5.41) is 0. The van der Waals surface area contributed by atoms with Crippen LogP contribution < -0.4 is 0 Å². The molecule has 0 bridgehead atoms. The lowest BCUT2D eigenvalue weighted by Gasteiger charge is -2.28. The van der Waals surface area contributed by atoms with Crippen molar-refractivity contribution < 1.29 is 8.78 Å². The standard InChI is InChI=1S/C9H13F2/c10-9(11)5-1-2-8(6-9)7-3-4-7/h6-8H,1-5H2. The van der Waals surface area contributed by atoms with Crippen molar-refractivity contribution in [2.24, 2.45) is 11.8 Å². The van der Waals surface area contributed by atoms with Gasteiger partial charge in [0, 0.05) is 12.8 Å². The molecule has 0 saturated heterocycles. The fourth-order valence-electron chi connectivity index (χ4n) is 1.95. The van der Waals surface area contributed by atoms with E-state index in [1.165, 1.54) is 19.3 Å². The molecule has 1 atom stereocenters. The maximum atomic E-state index is 12.8. The molecule has 2 aliphatic carbocycles. The normalized spacial score (nSPS) is 37.1. The third-order valence-electron chi connectivity index (χ3n) is 2.73. The van der Waals surface area contributed by atoms with Gasteiger partial charge in [-0.05, 0) is 37.5 Å². The minimum absolute atomic E-state index is 0.0796. The highest BCUT2D eigenvalue weighted by molar-refractivity contribution is 5.00. The smallest absolute Gasteiger partial charge is 0.207 e. The molecule has 0 N–H and O–H groups in total. The molecule has 2 saturated carbocycles. The van der Waals surface area contributed by atoms with Gasteiger partial charge in [0.05, 0.1) is 0 Å². The molecular formula is C9H13F2. The van der Waals surface area contributed by atoms with Crippen LogP contribution in [-0.2, 0) is 0 Å². The third-order valence-corrected chi connectivity index (χ3v) is 2.73. The van der Waals surface area contributed by atoms with Gasteiger partial charge in [-0.15, -0.1) is 0 Å². The Labute approximate surface area is 66.0 Å². The molecule has 1 radical (unpaired) electrons. The van der Waals surface area contributed by atoms with Crippen LogP contribution in [0.25, 0.3) is 0 Å². The largest absolute Gasteiger partial charge is 0.251 e. The molecule has 2 heteroatoms. The van der Waals surface area contributed by atoms with E-state index >= 15 is 0 Å². The summed E-state index contributed by atoms with van der Waals surface area (Å²) in [7, 11) is 0. The van der Waals surface area contributed by atoms with E-state index in [4.69, 9.17) is 0 Å². The lowest BCUT2D eigenvalue weighted by Crippen LogP contribution is -2.27. The van der Waals surface area contributed by atoms with Gasteiger partial charge in [-0.3, -0.25) is 0 Å². The van der Waals surface area contributed by atoms with Crippen LogP contribution in [0.15, 0.2) is 0 Å². The first-order chi connectivity index (χ1) is 5.17. The summed E-state index contributed by atoms with van der Waals surface area (Å²) < 4.78 is 25.6. The highest BCUT2D eigenvalue weighted by Gasteiger charge is 2.42. The van der Waals surface area contributed by atoms with Crippen LogP contribution in [0.2, 0.25) is 0 Å². The highest BCUT2D eigenvalue weighted by atomic mass is 19.3. The minimum atomic E-state index is -2.45. The van der Waals surface area contributed by atoms with E-state index in [9.17, 15) is 8.78 Å². The summed E-state index contributed by atoms with van der Waals surface area (Å²) in [5.74, 6) is -1.61. The SMILES string of the molecule is FC1(F)[CH]C(C2CC2)CCC1. The van der Waals surface area contributed by atoms with Gasteiger partial charge in [-0.1, -0.05) is 0 Å². The van der Waals surface area contributed by atoms with Crippen LogP contribution in [0, 0.1) is 18.3 Å². The minimum Gasteiger partial charge on any atom is -0.207 e. The van der Waals surface area contributed by atoms with Crippen LogP contribution in [0.5, 0.6) is 0 Å². The van der Waals surface area contributed by atoms with Crippen LogP contribution >= 0.6 is 0 Å². The zero-order valence-corrected chi connectivity index (χ0v) is 6.52. The second kappa shape index (κ2) is 2.43. The van der Waals surface area contributed by atoms with Crippen LogP contribution in [0.4, 0.5) is 8.78 Å². The maximum Gasteiger partial charge on any atom is 0.251 e. The monoisotopic (exact) mass is 159 g/mol. The first-order valence-corrected chi connectivity index (χ1v) is 4.41. The molecule has 0 nitrogen and oxygen atoms in total. The Bertz CT molecular complexity index is 150. The van der Waals surface area contributed by atoms with E-state index in [1.807, 2.05) is 0 Å². The molecule has 0 amide bonds. The van der Waals surface area contributed by atoms with Gasteiger partial charge < -0.3 is 0 Å². The second-order valence-electron chi connectivity index (χ2n) is 3.82. The van der Waals surface area contributed by atoms with E-state index in [0.29, 0.717) is 12.3 Å². The molecular weight excluding hydrogens is 146 g/mol. The van der Waals surface area contributed by atoms with Crippen molar-refractivity contribution in [2.75, 3.05) is 0 Å². The van der Waals surface area contributed by atoms with Crippen molar-refractivity contribution in [1.82, 2.24) is 0 Å². The fourth-order valence-corrected chi connectivity index (χ4v) is 1.95. The van der Waals surface area contributed by atoms with Crippen molar-refractivity contribution in [3.05, 3.63) is 6.42 Å². The topological polar surface area (TPSA) is 0 Å². The number of halogens is 2. The van der Waals surface area contributed by atoms with E-state index in [1.54, 1.807) is 0 Å². The lowest BCUT2D eigenvalue weighted by atomic mass is 9.83. The zero-order chi connectivity index (χ0) is 7.90. The highest BCUT2D eigenvalue weighted by Crippen LogP contribution is 2.47. The molecule has 11 heavy (non-hydrogen) atoms. The number of alkyl halides is 2. The Morgan fingerprint density at radius 1 is 1.18 bits per heavy atom. The predicted octanol–water partition coefficient (Wildman–Crippen LogP) is 3.04. The Hall–Kier alpha value is -0.140. The molecule has 63 valence electrons. The fraction of sp³-hybridized carbons (Fsp3) is 0.889. The Morgan fingerprint density at radius 3 is 2.45 bits per heavy atom. The molecule has 0 aromatic rings. The first kappa shape index (κ1) is 7.51. The van der Waals surface area contributed by atoms with Gasteiger partial charge in [0.1, 0.15) is 0 Å². The first-order valence-electron chi connectivity index (χ1n) is 4.41. The van der Waals surface area contributed by atoms with E-state index in [0.717, 1.165) is 6.42 Å². The van der Waals surface area contributed by atoms with Crippen molar-refractivity contribution in [1.29, 1.82) is 0 Å². The van der Waals surface area contributed by atoms with Crippen molar-refractivity contribution >= 4 is 0 Å². The zero-order valence-electron chi connectivity index (χ0n) is 6.52. The van der Waals surface area contributed by atoms with Crippen LogP contribution in [-0.4, -0.2) is 5.92 Å². The quantitative estimate of drug-likeness (QED) is 0.551. The molecule has 0 spiro atoms. The van der Waals surface area contributed by atoms with Crippen molar-refractivity contribution in [3.8, 4) is 0 Å². The Balaban J connectivity index is 1.92. The molecule has 2 rings (SSSR count). The molecule has 0 aliphatic heterocycles.